The molecule has 1 unspecified atom stereocenters. The monoisotopic (exact) mass is 200 g/mol. The molecule has 0 aliphatic heterocycles. The second kappa shape index (κ2) is 3.54. The van der Waals surface area contributed by atoms with Gasteiger partial charge in [0, 0.05) is 17.7 Å². The van der Waals surface area contributed by atoms with E-state index in [1.807, 2.05) is 6.07 Å². The van der Waals surface area contributed by atoms with E-state index in [1.54, 1.807) is 6.20 Å². The molecule has 2 nitrogen and oxygen atoms in total. The van der Waals surface area contributed by atoms with Crippen molar-refractivity contribution in [2.75, 3.05) is 5.73 Å². The summed E-state index contributed by atoms with van der Waals surface area (Å²) < 4.78 is 0. The maximum Gasteiger partial charge on any atom is 0.127 e. The zero-order valence-electron chi connectivity index (χ0n) is 9.41. The maximum atomic E-state index is 5.93. The zero-order chi connectivity index (χ0) is 11.0. The molecule has 1 aliphatic carbocycles. The van der Waals surface area contributed by atoms with Crippen molar-refractivity contribution in [1.29, 1.82) is 0 Å². The molecule has 2 heteroatoms. The van der Waals surface area contributed by atoms with E-state index in [2.05, 4.69) is 37.9 Å². The Kier molecular flexibility index (Phi) is 2.35. The predicted molar refractivity (Wildman–Crippen MR) is 64.5 cm³/mol. The van der Waals surface area contributed by atoms with E-state index in [4.69, 9.17) is 5.73 Å². The molecule has 1 heterocycles. The Morgan fingerprint density at radius 3 is 2.73 bits per heavy atom. The molecule has 0 radical (unpaired) electrons. The van der Waals surface area contributed by atoms with E-state index in [0.717, 1.165) is 5.56 Å². The molecular weight excluding hydrogens is 184 g/mol. The molecule has 2 rings (SSSR count). The summed E-state index contributed by atoms with van der Waals surface area (Å²) in [7, 11) is 0. The van der Waals surface area contributed by atoms with E-state index >= 15 is 0 Å². The minimum atomic E-state index is 0.351. The topological polar surface area (TPSA) is 38.9 Å². The van der Waals surface area contributed by atoms with E-state index in [-0.39, 0.29) is 0 Å². The Labute approximate surface area is 90.5 Å². The van der Waals surface area contributed by atoms with Gasteiger partial charge in [-0.25, -0.2) is 4.98 Å². The molecule has 78 valence electrons. The fourth-order valence-electron chi connectivity index (χ4n) is 2.20. The summed E-state index contributed by atoms with van der Waals surface area (Å²) in [5.74, 6) is 1.01. The first-order valence-electron chi connectivity index (χ1n) is 5.21. The number of hydrogen-bond donors (Lipinski definition) is 1. The second-order valence-corrected chi connectivity index (χ2v) is 4.21. The van der Waals surface area contributed by atoms with Gasteiger partial charge in [-0.2, -0.15) is 0 Å². The number of pyridine rings is 1. The average molecular weight is 200 g/mol. The first-order chi connectivity index (χ1) is 7.11. The van der Waals surface area contributed by atoms with Crippen molar-refractivity contribution in [2.45, 2.75) is 26.7 Å². The normalized spacial score (nSPS) is 18.9. The number of hydrogen-bond acceptors (Lipinski definition) is 2. The number of nitrogen functional groups attached to an aromatic ring is 1. The SMILES string of the molecule is CC(C)=C1C=Cc2ccnc(N)c2C1C. The highest BCUT2D eigenvalue weighted by Gasteiger charge is 2.20. The smallest absolute Gasteiger partial charge is 0.127 e. The third kappa shape index (κ3) is 1.56. The Morgan fingerprint density at radius 2 is 2.07 bits per heavy atom. The number of rotatable bonds is 0. The van der Waals surface area contributed by atoms with Crippen LogP contribution in [-0.4, -0.2) is 4.98 Å². The lowest BCUT2D eigenvalue weighted by Crippen LogP contribution is -2.09. The van der Waals surface area contributed by atoms with Crippen LogP contribution in [-0.2, 0) is 0 Å². The predicted octanol–water partition coefficient (Wildman–Crippen LogP) is 3.13. The summed E-state index contributed by atoms with van der Waals surface area (Å²) in [5.41, 5.74) is 11.0. The van der Waals surface area contributed by atoms with Crippen LogP contribution in [0.15, 0.2) is 29.5 Å². The van der Waals surface area contributed by atoms with Crippen molar-refractivity contribution >= 4 is 11.9 Å². The molecule has 0 spiro atoms. The minimum Gasteiger partial charge on any atom is -0.383 e. The third-order valence-electron chi connectivity index (χ3n) is 2.97. The quantitative estimate of drug-likeness (QED) is 0.698. The van der Waals surface area contributed by atoms with E-state index < -0.39 is 0 Å². The molecule has 1 atom stereocenters. The summed E-state index contributed by atoms with van der Waals surface area (Å²) in [5, 5.41) is 0. The van der Waals surface area contributed by atoms with Crippen LogP contribution in [0.1, 0.15) is 37.8 Å². The van der Waals surface area contributed by atoms with Gasteiger partial charge < -0.3 is 5.73 Å². The van der Waals surface area contributed by atoms with Gasteiger partial charge >= 0.3 is 0 Å². The van der Waals surface area contributed by atoms with Crippen LogP contribution in [0, 0.1) is 0 Å². The highest BCUT2D eigenvalue weighted by atomic mass is 14.8. The molecule has 1 aromatic heterocycles. The second-order valence-electron chi connectivity index (χ2n) is 4.21. The van der Waals surface area contributed by atoms with E-state index in [1.165, 1.54) is 16.7 Å². The number of aromatic nitrogens is 1. The van der Waals surface area contributed by atoms with E-state index in [0.29, 0.717) is 11.7 Å². The van der Waals surface area contributed by atoms with Crippen LogP contribution in [0.3, 0.4) is 0 Å². The van der Waals surface area contributed by atoms with Gasteiger partial charge in [0.05, 0.1) is 0 Å². The zero-order valence-corrected chi connectivity index (χ0v) is 9.41. The Morgan fingerprint density at radius 1 is 1.33 bits per heavy atom. The highest BCUT2D eigenvalue weighted by molar-refractivity contribution is 5.69. The van der Waals surface area contributed by atoms with Gasteiger partial charge in [0.25, 0.3) is 0 Å². The highest BCUT2D eigenvalue weighted by Crippen LogP contribution is 2.37. The van der Waals surface area contributed by atoms with Crippen LogP contribution in [0.25, 0.3) is 6.08 Å². The van der Waals surface area contributed by atoms with Crippen LogP contribution in [0.2, 0.25) is 0 Å². The molecule has 0 fully saturated rings. The number of allylic oxidation sites excluding steroid dienone is 3. The molecule has 0 saturated carbocycles. The van der Waals surface area contributed by atoms with Gasteiger partial charge in [0.15, 0.2) is 0 Å². The Bertz CT molecular complexity index is 452. The van der Waals surface area contributed by atoms with Crippen LogP contribution in [0.5, 0.6) is 0 Å². The summed E-state index contributed by atoms with van der Waals surface area (Å²) in [4.78, 5) is 4.16. The standard InChI is InChI=1S/C13H16N2/c1-8(2)11-5-4-10-6-7-15-13(14)12(10)9(11)3/h4-7,9H,1-3H3,(H2,14,15). The molecule has 0 bridgehead atoms. The third-order valence-corrected chi connectivity index (χ3v) is 2.97. The van der Waals surface area contributed by atoms with Gasteiger partial charge in [-0.05, 0) is 31.1 Å². The fraction of sp³-hybridized carbons (Fsp3) is 0.308. The lowest BCUT2D eigenvalue weighted by atomic mass is 9.83. The summed E-state index contributed by atoms with van der Waals surface area (Å²) in [6.45, 7) is 6.45. The van der Waals surface area contributed by atoms with Gasteiger partial charge in [-0.1, -0.05) is 24.6 Å². The van der Waals surface area contributed by atoms with Crippen molar-refractivity contribution in [3.8, 4) is 0 Å². The summed E-state index contributed by atoms with van der Waals surface area (Å²) in [6.07, 6.45) is 6.07. The summed E-state index contributed by atoms with van der Waals surface area (Å²) in [6, 6.07) is 2.01. The number of nitrogens with two attached hydrogens (primary N) is 1. The van der Waals surface area contributed by atoms with Crippen LogP contribution >= 0.6 is 0 Å². The summed E-state index contributed by atoms with van der Waals surface area (Å²) >= 11 is 0. The molecule has 0 amide bonds. The molecule has 2 N–H and O–H groups in total. The van der Waals surface area contributed by atoms with Crippen molar-refractivity contribution in [2.24, 2.45) is 0 Å². The minimum absolute atomic E-state index is 0.351. The Hall–Kier alpha value is -1.57. The van der Waals surface area contributed by atoms with Crippen molar-refractivity contribution in [3.63, 3.8) is 0 Å². The number of anilines is 1. The van der Waals surface area contributed by atoms with Crippen molar-refractivity contribution in [1.82, 2.24) is 4.98 Å². The first-order valence-corrected chi connectivity index (χ1v) is 5.21. The molecule has 15 heavy (non-hydrogen) atoms. The molecule has 1 aromatic rings. The molecule has 0 aromatic carbocycles. The average Bonchev–Trinajstić information content (AvgIpc) is 2.17. The largest absolute Gasteiger partial charge is 0.383 e. The van der Waals surface area contributed by atoms with Gasteiger partial charge in [-0.3, -0.25) is 0 Å². The van der Waals surface area contributed by atoms with Crippen LogP contribution in [0.4, 0.5) is 5.82 Å². The maximum absolute atomic E-state index is 5.93. The lowest BCUT2D eigenvalue weighted by Gasteiger charge is -2.23. The number of nitrogens with zero attached hydrogens (tertiary/aromatic N) is 1. The van der Waals surface area contributed by atoms with Crippen molar-refractivity contribution in [3.05, 3.63) is 40.6 Å². The number of fused-ring (bicyclic) bond motifs is 1. The fourth-order valence-corrected chi connectivity index (χ4v) is 2.20. The molecule has 1 aliphatic rings. The van der Waals surface area contributed by atoms with Crippen LogP contribution < -0.4 is 5.73 Å². The molecular formula is C13H16N2. The van der Waals surface area contributed by atoms with E-state index in [9.17, 15) is 0 Å². The van der Waals surface area contributed by atoms with Gasteiger partial charge in [-0.15, -0.1) is 0 Å². The van der Waals surface area contributed by atoms with Gasteiger partial charge in [0.2, 0.25) is 0 Å². The van der Waals surface area contributed by atoms with Gasteiger partial charge in [0.1, 0.15) is 5.82 Å². The lowest BCUT2D eigenvalue weighted by molar-refractivity contribution is 0.888. The first kappa shape index (κ1) is 9.97. The molecule has 0 saturated heterocycles. The van der Waals surface area contributed by atoms with Crippen molar-refractivity contribution < 1.29 is 0 Å². The Balaban J connectivity index is 2.63.